The number of allylic oxidation sites excluding steroid dienone is 5. The molecule has 3 nitrogen and oxygen atoms in total. The van der Waals surface area contributed by atoms with Crippen LogP contribution in [0.1, 0.15) is 45.2 Å². The van der Waals surface area contributed by atoms with Crippen LogP contribution in [-0.2, 0) is 16.0 Å². The summed E-state index contributed by atoms with van der Waals surface area (Å²) in [5.74, 6) is -0.758. The van der Waals surface area contributed by atoms with E-state index in [9.17, 15) is 9.18 Å². The number of ether oxygens (including phenoxy) is 1. The van der Waals surface area contributed by atoms with Gasteiger partial charge in [-0.1, -0.05) is 18.2 Å². The molecule has 26 heavy (non-hydrogen) atoms. The number of halogens is 1. The third kappa shape index (κ3) is 4.84. The number of methoxy groups -OCH3 is 1. The highest BCUT2D eigenvalue weighted by atomic mass is 19.1. The maximum absolute atomic E-state index is 14.6. The number of hydrogen-bond donors (Lipinski definition) is 0. The van der Waals surface area contributed by atoms with Gasteiger partial charge in [-0.2, -0.15) is 0 Å². The summed E-state index contributed by atoms with van der Waals surface area (Å²) >= 11 is 0. The Morgan fingerprint density at radius 3 is 2.65 bits per heavy atom. The Morgan fingerprint density at radius 1 is 1.27 bits per heavy atom. The molecule has 0 N–H and O–H groups in total. The summed E-state index contributed by atoms with van der Waals surface area (Å²) in [5.41, 5.74) is 4.64. The lowest BCUT2D eigenvalue weighted by Crippen LogP contribution is -2.35. The van der Waals surface area contributed by atoms with Gasteiger partial charge in [0.1, 0.15) is 5.83 Å². The summed E-state index contributed by atoms with van der Waals surface area (Å²) in [6.45, 7) is 8.92. The highest BCUT2D eigenvalue weighted by Crippen LogP contribution is 2.32. The fourth-order valence-corrected chi connectivity index (χ4v) is 3.13. The van der Waals surface area contributed by atoms with E-state index in [-0.39, 0.29) is 5.83 Å². The molecule has 1 aromatic carbocycles. The fourth-order valence-electron chi connectivity index (χ4n) is 3.13. The second-order valence-corrected chi connectivity index (χ2v) is 6.95. The molecule has 1 heterocycles. The molecule has 2 rings (SSSR count). The Kier molecular flexibility index (Phi) is 6.78. The van der Waals surface area contributed by atoms with Gasteiger partial charge in [0.05, 0.1) is 7.11 Å². The first-order chi connectivity index (χ1) is 12.3. The second kappa shape index (κ2) is 8.84. The van der Waals surface area contributed by atoms with E-state index in [4.69, 9.17) is 0 Å². The lowest BCUT2D eigenvalue weighted by atomic mass is 9.96. The van der Waals surface area contributed by atoms with Crippen LogP contribution in [0.2, 0.25) is 0 Å². The molecule has 0 fully saturated rings. The summed E-state index contributed by atoms with van der Waals surface area (Å²) < 4.78 is 19.2. The Morgan fingerprint density at radius 2 is 2.00 bits per heavy atom. The number of hydrogen-bond acceptors (Lipinski definition) is 3. The quantitative estimate of drug-likeness (QED) is 0.411. The van der Waals surface area contributed by atoms with E-state index in [0.717, 1.165) is 24.9 Å². The molecule has 1 aliphatic rings. The molecule has 0 bridgehead atoms. The third-order valence-electron chi connectivity index (χ3n) is 4.69. The molecule has 0 saturated heterocycles. The van der Waals surface area contributed by atoms with Gasteiger partial charge in [-0.15, -0.1) is 0 Å². The van der Waals surface area contributed by atoms with Crippen LogP contribution in [0.4, 0.5) is 10.1 Å². The van der Waals surface area contributed by atoms with Crippen LogP contribution < -0.4 is 4.90 Å². The number of aryl methyl sites for hydroxylation is 1. The second-order valence-electron chi connectivity index (χ2n) is 6.95. The zero-order valence-corrected chi connectivity index (χ0v) is 16.3. The Hall–Kier alpha value is -2.36. The van der Waals surface area contributed by atoms with Crippen LogP contribution in [0.25, 0.3) is 5.57 Å². The molecule has 0 unspecified atom stereocenters. The van der Waals surface area contributed by atoms with E-state index in [2.05, 4.69) is 35.6 Å². The van der Waals surface area contributed by atoms with Gasteiger partial charge < -0.3 is 9.64 Å². The van der Waals surface area contributed by atoms with Gasteiger partial charge in [-0.25, -0.2) is 9.18 Å². The maximum Gasteiger partial charge on any atom is 0.330 e. The predicted molar refractivity (Wildman–Crippen MR) is 106 cm³/mol. The summed E-state index contributed by atoms with van der Waals surface area (Å²) in [5, 5.41) is 0. The van der Waals surface area contributed by atoms with Gasteiger partial charge in [0.2, 0.25) is 0 Å². The molecule has 140 valence electrons. The molecule has 0 radical (unpaired) electrons. The SMILES string of the molecule is COC(=O)/C=C(C)/C=C/C(F)=C(/C)c1ccc2c(c1)N(C(C)C)CCC2. The first kappa shape index (κ1) is 20.0. The highest BCUT2D eigenvalue weighted by Gasteiger charge is 2.19. The van der Waals surface area contributed by atoms with Crippen molar-refractivity contribution in [3.63, 3.8) is 0 Å². The van der Waals surface area contributed by atoms with Crippen LogP contribution in [0, 0.1) is 0 Å². The van der Waals surface area contributed by atoms with Gasteiger partial charge in [-0.3, -0.25) is 0 Å². The molecular formula is C22H28FNO2. The molecule has 0 aromatic heterocycles. The number of carbonyl (C=O) groups excluding carboxylic acids is 1. The number of fused-ring (bicyclic) bond motifs is 1. The number of nitrogens with zero attached hydrogens (tertiary/aromatic N) is 1. The van der Waals surface area contributed by atoms with Gasteiger partial charge >= 0.3 is 5.97 Å². The van der Waals surface area contributed by atoms with E-state index in [1.807, 2.05) is 6.07 Å². The van der Waals surface area contributed by atoms with E-state index in [0.29, 0.717) is 17.2 Å². The Labute approximate surface area is 155 Å². The van der Waals surface area contributed by atoms with Crippen molar-refractivity contribution in [1.29, 1.82) is 0 Å². The Bertz CT molecular complexity index is 759. The van der Waals surface area contributed by atoms with Crippen molar-refractivity contribution in [3.05, 3.63) is 59.0 Å². The number of rotatable bonds is 5. The van der Waals surface area contributed by atoms with Crippen LogP contribution in [0.5, 0.6) is 0 Å². The molecule has 0 amide bonds. The summed E-state index contributed by atoms with van der Waals surface area (Å²) in [7, 11) is 1.32. The Balaban J connectivity index is 2.29. The third-order valence-corrected chi connectivity index (χ3v) is 4.69. The molecule has 0 atom stereocenters. The average molecular weight is 357 g/mol. The summed E-state index contributed by atoms with van der Waals surface area (Å²) in [6.07, 6.45) is 6.53. The van der Waals surface area contributed by atoms with E-state index >= 15 is 0 Å². The molecule has 0 spiro atoms. The number of carbonyl (C=O) groups is 1. The van der Waals surface area contributed by atoms with Crippen molar-refractivity contribution in [2.45, 2.75) is 46.6 Å². The minimum atomic E-state index is -0.447. The van der Waals surface area contributed by atoms with Crippen LogP contribution in [0.3, 0.4) is 0 Å². The van der Waals surface area contributed by atoms with Crippen molar-refractivity contribution in [1.82, 2.24) is 0 Å². The topological polar surface area (TPSA) is 29.5 Å². The van der Waals surface area contributed by atoms with Crippen LogP contribution in [-0.4, -0.2) is 25.7 Å². The lowest BCUT2D eigenvalue weighted by molar-refractivity contribution is -0.134. The van der Waals surface area contributed by atoms with Gasteiger partial charge in [0.25, 0.3) is 0 Å². The van der Waals surface area contributed by atoms with E-state index in [1.165, 1.54) is 30.5 Å². The van der Waals surface area contributed by atoms with Crippen LogP contribution >= 0.6 is 0 Å². The van der Waals surface area contributed by atoms with Crippen LogP contribution in [0.15, 0.2) is 47.8 Å². The highest BCUT2D eigenvalue weighted by molar-refractivity contribution is 5.83. The van der Waals surface area contributed by atoms with Crippen molar-refractivity contribution in [2.75, 3.05) is 18.6 Å². The summed E-state index contributed by atoms with van der Waals surface area (Å²) in [6, 6.07) is 6.61. The molecule has 1 aliphatic heterocycles. The molecule has 0 saturated carbocycles. The lowest BCUT2D eigenvalue weighted by Gasteiger charge is -2.35. The monoisotopic (exact) mass is 357 g/mol. The average Bonchev–Trinajstić information content (AvgIpc) is 2.64. The predicted octanol–water partition coefficient (Wildman–Crippen LogP) is 5.22. The standard InChI is InChI=1S/C22H28FNO2/c1-15(2)24-12-6-7-18-9-10-19(14-21(18)24)17(4)20(23)11-8-16(3)13-22(25)26-5/h8-11,13-15H,6-7,12H2,1-5H3/b11-8+,16-13+,20-17+. The number of benzene rings is 1. The molecule has 0 aliphatic carbocycles. The first-order valence-electron chi connectivity index (χ1n) is 9.04. The number of anilines is 1. The fraction of sp³-hybridized carbons (Fsp3) is 0.409. The van der Waals surface area contributed by atoms with Gasteiger partial charge in [-0.05, 0) is 75.0 Å². The molecule has 4 heteroatoms. The summed E-state index contributed by atoms with van der Waals surface area (Å²) in [4.78, 5) is 13.6. The maximum atomic E-state index is 14.6. The zero-order chi connectivity index (χ0) is 19.3. The zero-order valence-electron chi connectivity index (χ0n) is 16.3. The van der Waals surface area contributed by atoms with Gasteiger partial charge in [0, 0.05) is 24.4 Å². The molecule has 1 aromatic rings. The molecular weight excluding hydrogens is 329 g/mol. The normalized spacial score (nSPS) is 16.0. The first-order valence-corrected chi connectivity index (χ1v) is 9.04. The van der Waals surface area contributed by atoms with Crippen molar-refractivity contribution < 1.29 is 13.9 Å². The number of esters is 1. The van der Waals surface area contributed by atoms with E-state index < -0.39 is 5.97 Å². The van der Waals surface area contributed by atoms with Gasteiger partial charge in [0.15, 0.2) is 0 Å². The van der Waals surface area contributed by atoms with Crippen molar-refractivity contribution >= 4 is 17.2 Å². The smallest absolute Gasteiger partial charge is 0.330 e. The largest absolute Gasteiger partial charge is 0.466 e. The minimum Gasteiger partial charge on any atom is -0.466 e. The van der Waals surface area contributed by atoms with Crippen molar-refractivity contribution in [2.24, 2.45) is 0 Å². The minimum absolute atomic E-state index is 0.311. The van der Waals surface area contributed by atoms with E-state index in [1.54, 1.807) is 19.9 Å². The van der Waals surface area contributed by atoms with Crippen molar-refractivity contribution in [3.8, 4) is 0 Å².